The van der Waals surface area contributed by atoms with E-state index in [9.17, 15) is 9.90 Å². The van der Waals surface area contributed by atoms with Crippen LogP contribution in [0.15, 0.2) is 188 Å². The van der Waals surface area contributed by atoms with Gasteiger partial charge in [-0.2, -0.15) is 0 Å². The zero-order valence-electron chi connectivity index (χ0n) is 44.8. The molecule has 0 radical (unpaired) electrons. The van der Waals surface area contributed by atoms with E-state index in [1.807, 2.05) is 176 Å². The van der Waals surface area contributed by atoms with E-state index in [0.29, 0.717) is 103 Å². The first-order valence-electron chi connectivity index (χ1n) is 27.2. The maximum atomic E-state index is 12.3. The number of H-pyrrole nitrogens is 4. The second-order valence-corrected chi connectivity index (χ2v) is 31.6. The van der Waals surface area contributed by atoms with Gasteiger partial charge in [-0.15, -0.1) is 0 Å². The van der Waals surface area contributed by atoms with Gasteiger partial charge in [0.25, 0.3) is 0 Å². The molecule has 10 heterocycles. The van der Waals surface area contributed by atoms with E-state index in [0.717, 1.165) is 76.8 Å². The first-order chi connectivity index (χ1) is 42.6. The standard InChI is InChI=1S/C33H18N8O2.C32H18N8.3ClH.Ga/c42-33(43)23-15-7-14-22-24(23)32-40-30-21-13-6-5-12-20(21)28(38-30)36-26-17-9-2-1-8-16(17)25(34-26)35-27-18-10-3-4-11-19(18)29(37-27)39-31(22)41-32;1-2-10-18-17(9-1)25-33-26(18)38-28-21-13-5-6-14-22(21)30(35-28)40-32-24-16-8-7-15-23(24)31(36-32)39-29-20-12-4-3-11-19(20)27(34-29)37-25;;;;/h1-15H,(H,42,43)(H2,34,35,36,37,38,39,40,41);1-16H,(H2,33,34,35,36,37,38,39,40);3*1H;/q;;;;;+3/p-3. The molecule has 0 saturated carbocycles. The minimum atomic E-state index is -2.06. The SMILES string of the molecule is O=C(O)c1cccc2c3nc4nc(nc5[nH]c(nc6nc(nc([nH]3)c12)-c1ccccc1-6)c1ccccc51)-c1ccccc1-4.[Cl][Ga]([Cl])[Cl].c1ccc2c(c1)-c1nc-2nc2[nH]c(nc3nc(nc4[nH]c(n1)c1ccccc41)-c1ccccc1-3)c1ccccc21. The van der Waals surface area contributed by atoms with Crippen LogP contribution < -0.4 is 0 Å². The molecular formula is C65H36Cl3GaN16O2. The van der Waals surface area contributed by atoms with Crippen LogP contribution >= 0.6 is 28.9 Å². The monoisotopic (exact) mass is 1250 g/mol. The summed E-state index contributed by atoms with van der Waals surface area (Å²) >= 11 is -2.06. The summed E-state index contributed by atoms with van der Waals surface area (Å²) in [5, 5.41) is 16.7. The number of carboxylic acid groups (broad SMARTS) is 1. The number of aromatic carboxylic acids is 1. The molecule has 14 aromatic rings. The summed E-state index contributed by atoms with van der Waals surface area (Å²) in [7, 11) is 15.0. The van der Waals surface area contributed by atoms with Gasteiger partial charge in [-0.3, -0.25) is 0 Å². The van der Waals surface area contributed by atoms with Gasteiger partial charge < -0.3 is 25.0 Å². The van der Waals surface area contributed by atoms with Crippen molar-refractivity contribution >= 4 is 136 Å². The molecule has 8 aromatic carbocycles. The van der Waals surface area contributed by atoms with Gasteiger partial charge in [0.1, 0.15) is 45.2 Å². The van der Waals surface area contributed by atoms with Crippen molar-refractivity contribution in [1.82, 2.24) is 79.7 Å². The van der Waals surface area contributed by atoms with Crippen LogP contribution in [0.5, 0.6) is 0 Å². The Morgan fingerprint density at radius 3 is 0.713 bits per heavy atom. The number of nitrogens with one attached hydrogen (secondary N) is 4. The molecule has 22 heteroatoms. The van der Waals surface area contributed by atoms with Crippen molar-refractivity contribution in [2.45, 2.75) is 0 Å². The van der Waals surface area contributed by atoms with Gasteiger partial charge >= 0.3 is 48.1 Å². The Morgan fingerprint density at radius 1 is 0.276 bits per heavy atom. The fraction of sp³-hybridized carbons (Fsp3) is 0. The zero-order chi connectivity index (χ0) is 58.4. The number of hydrogen-bond acceptors (Lipinski definition) is 13. The third-order valence-corrected chi connectivity index (χ3v) is 15.3. The molecule has 5 N–H and O–H groups in total. The van der Waals surface area contributed by atoms with Crippen LogP contribution in [0, 0.1) is 0 Å². The molecular weight excluding hydrogens is 1210 g/mol. The van der Waals surface area contributed by atoms with Crippen molar-refractivity contribution < 1.29 is 9.90 Å². The first kappa shape index (κ1) is 52.0. The topological polar surface area (TPSA) is 255 Å². The van der Waals surface area contributed by atoms with Gasteiger partial charge in [-0.25, -0.2) is 64.6 Å². The number of carbonyl (C=O) groups is 1. The van der Waals surface area contributed by atoms with Crippen molar-refractivity contribution in [2.75, 3.05) is 0 Å². The Balaban J connectivity index is 0.000000133. The van der Waals surface area contributed by atoms with Gasteiger partial charge in [0.05, 0.1) is 5.56 Å². The maximum Gasteiger partial charge on any atom is 0.164 e. The van der Waals surface area contributed by atoms with Gasteiger partial charge in [0.15, 0.2) is 46.6 Å². The van der Waals surface area contributed by atoms with E-state index in [1.54, 1.807) is 12.1 Å². The average molecular weight is 1250 g/mol. The molecule has 16 bridgehead atoms. The summed E-state index contributed by atoms with van der Waals surface area (Å²) in [5.74, 6) is 3.18. The van der Waals surface area contributed by atoms with E-state index in [2.05, 4.69) is 19.9 Å². The van der Waals surface area contributed by atoms with Crippen LogP contribution in [0.3, 0.4) is 0 Å². The number of benzene rings is 8. The second kappa shape index (κ2) is 20.9. The zero-order valence-corrected chi connectivity index (χ0v) is 49.5. The van der Waals surface area contributed by atoms with E-state index >= 15 is 0 Å². The van der Waals surface area contributed by atoms with Crippen LogP contribution in [0.2, 0.25) is 0 Å². The largest absolute Gasteiger partial charge is 0.324 e. The molecule has 0 spiro atoms. The van der Waals surface area contributed by atoms with Crippen molar-refractivity contribution in [3.05, 3.63) is 194 Å². The van der Waals surface area contributed by atoms with Gasteiger partial charge in [0, 0.05) is 87.6 Å². The van der Waals surface area contributed by atoms with E-state index in [4.69, 9.17) is 88.7 Å². The second-order valence-electron chi connectivity index (χ2n) is 20.3. The summed E-state index contributed by atoms with van der Waals surface area (Å²) in [4.78, 5) is 85.2. The van der Waals surface area contributed by atoms with Crippen LogP contribution in [-0.2, 0) is 0 Å². The molecule has 0 atom stereocenters. The van der Waals surface area contributed by atoms with Crippen LogP contribution in [0.4, 0.5) is 0 Å². The summed E-state index contributed by atoms with van der Waals surface area (Å²) < 4.78 is 0. The molecule has 412 valence electrons. The molecule has 18 nitrogen and oxygen atoms in total. The van der Waals surface area contributed by atoms with Gasteiger partial charge in [-0.1, -0.05) is 182 Å². The minimum absolute atomic E-state index is 0.105. The fourth-order valence-electron chi connectivity index (χ4n) is 11.5. The number of fused-ring (bicyclic) bond motifs is 40. The van der Waals surface area contributed by atoms with Gasteiger partial charge in [-0.05, 0) is 6.07 Å². The van der Waals surface area contributed by atoms with Crippen molar-refractivity contribution in [3.63, 3.8) is 0 Å². The van der Waals surface area contributed by atoms with E-state index in [-0.39, 0.29) is 5.56 Å². The van der Waals surface area contributed by atoms with Crippen molar-refractivity contribution in [1.29, 1.82) is 0 Å². The van der Waals surface area contributed by atoms with Crippen molar-refractivity contribution in [2.24, 2.45) is 0 Å². The predicted molar refractivity (Wildman–Crippen MR) is 342 cm³/mol. The molecule has 87 heavy (non-hydrogen) atoms. The first-order valence-corrected chi connectivity index (χ1v) is 36.8. The molecule has 0 fully saturated rings. The number of nitrogens with zero attached hydrogens (tertiary/aromatic N) is 12. The molecule has 0 aliphatic carbocycles. The van der Waals surface area contributed by atoms with Crippen LogP contribution in [-0.4, -0.2) is 104 Å². The molecule has 6 aromatic heterocycles. The number of aromatic amines is 4. The van der Waals surface area contributed by atoms with E-state index < -0.39 is 19.2 Å². The number of carboxylic acids is 1. The Kier molecular flexibility index (Phi) is 12.5. The minimum Gasteiger partial charge on any atom is -0.324 e. The average Bonchev–Trinajstić information content (AvgIpc) is 2.35. The number of aromatic nitrogens is 16. The molecule has 0 amide bonds. The normalized spacial score (nSPS) is 11.7. The van der Waals surface area contributed by atoms with Crippen molar-refractivity contribution in [3.8, 4) is 91.1 Å². The van der Waals surface area contributed by atoms with Gasteiger partial charge in [0.2, 0.25) is 0 Å². The third kappa shape index (κ3) is 9.02. The van der Waals surface area contributed by atoms with E-state index in [1.165, 1.54) is 0 Å². The van der Waals surface area contributed by atoms with Crippen LogP contribution in [0.1, 0.15) is 10.4 Å². The Hall–Kier alpha value is -10.5. The molecule has 18 rings (SSSR count). The quantitative estimate of drug-likeness (QED) is 0.0959. The number of hydrogen-bond donors (Lipinski definition) is 5. The predicted octanol–water partition coefficient (Wildman–Crippen LogP) is 15.1. The summed E-state index contributed by atoms with van der Waals surface area (Å²) in [5.41, 5.74) is 11.8. The van der Waals surface area contributed by atoms with Crippen LogP contribution in [0.25, 0.3) is 179 Å². The Morgan fingerprint density at radius 2 is 0.471 bits per heavy atom. The molecule has 4 aliphatic rings. The maximum absolute atomic E-state index is 12.3. The Bertz CT molecular complexity index is 5300. The molecule has 0 unspecified atom stereocenters. The summed E-state index contributed by atoms with van der Waals surface area (Å²) in [6.45, 7) is 0. The third-order valence-electron chi connectivity index (χ3n) is 15.3. The summed E-state index contributed by atoms with van der Waals surface area (Å²) in [6.07, 6.45) is 0. The molecule has 0 saturated heterocycles. The number of rotatable bonds is 1. The molecule has 4 aliphatic heterocycles. The smallest absolute Gasteiger partial charge is 0.164 e. The summed E-state index contributed by atoms with van der Waals surface area (Å²) in [6, 6.07) is 60.7. The number of halogens is 3. The fourth-order valence-corrected chi connectivity index (χ4v) is 11.5. The Labute approximate surface area is 507 Å².